The van der Waals surface area contributed by atoms with Gasteiger partial charge in [-0.3, -0.25) is 10.1 Å². The Labute approximate surface area is 168 Å². The topological polar surface area (TPSA) is 85.3 Å². The molecule has 1 unspecified atom stereocenters. The summed E-state index contributed by atoms with van der Waals surface area (Å²) in [6, 6.07) is 5.00. The molecule has 0 aliphatic carbocycles. The van der Waals surface area contributed by atoms with E-state index in [4.69, 9.17) is 23.2 Å². The van der Waals surface area contributed by atoms with Crippen LogP contribution in [0.1, 0.15) is 22.9 Å². The highest BCUT2D eigenvalue weighted by molar-refractivity contribution is 14.0. The first kappa shape index (κ1) is 21.0. The van der Waals surface area contributed by atoms with Gasteiger partial charge < -0.3 is 15.7 Å². The van der Waals surface area contributed by atoms with E-state index in [1.165, 1.54) is 0 Å². The van der Waals surface area contributed by atoms with Crippen LogP contribution in [0.25, 0.3) is 0 Å². The first-order valence-corrected chi connectivity index (χ1v) is 7.82. The lowest BCUT2D eigenvalue weighted by atomic mass is 10.1. The highest BCUT2D eigenvalue weighted by atomic mass is 127. The van der Waals surface area contributed by atoms with Gasteiger partial charge in [0.05, 0.1) is 12.3 Å². The third kappa shape index (κ3) is 6.12. The number of nitrogens with zero attached hydrogens (tertiary/aromatic N) is 2. The standard InChI is InChI=1S/C15H19Cl2N5O.HI/c1-9-11(7-21-22-9)6-19-15(18-2)20-8-14(23)10-3-12(16)5-13(17)4-10;/h3-5,7,14,23H,6,8H2,1-2H3,(H,21,22)(H2,18,19,20);1H. The van der Waals surface area contributed by atoms with Gasteiger partial charge in [0.25, 0.3) is 0 Å². The molecular formula is C15H20Cl2IN5O. The largest absolute Gasteiger partial charge is 0.387 e. The van der Waals surface area contributed by atoms with Gasteiger partial charge in [0.1, 0.15) is 0 Å². The Morgan fingerprint density at radius 2 is 1.96 bits per heavy atom. The number of guanidine groups is 1. The minimum atomic E-state index is -0.750. The van der Waals surface area contributed by atoms with Crippen molar-refractivity contribution in [1.29, 1.82) is 0 Å². The Bertz CT molecular complexity index is 672. The van der Waals surface area contributed by atoms with E-state index in [1.54, 1.807) is 31.4 Å². The Balaban J connectivity index is 0.00000288. The summed E-state index contributed by atoms with van der Waals surface area (Å²) in [6.07, 6.45) is 1.01. The Hall–Kier alpha value is -1.03. The second-order valence-corrected chi connectivity index (χ2v) is 5.92. The van der Waals surface area contributed by atoms with Gasteiger partial charge in [-0.05, 0) is 30.7 Å². The van der Waals surface area contributed by atoms with Gasteiger partial charge in [0, 0.05) is 41.4 Å². The fourth-order valence-electron chi connectivity index (χ4n) is 2.03. The minimum absolute atomic E-state index is 0. The van der Waals surface area contributed by atoms with Crippen LogP contribution in [-0.4, -0.2) is 34.9 Å². The van der Waals surface area contributed by atoms with Crippen molar-refractivity contribution in [3.8, 4) is 0 Å². The fraction of sp³-hybridized carbons (Fsp3) is 0.333. The Morgan fingerprint density at radius 3 is 2.50 bits per heavy atom. The van der Waals surface area contributed by atoms with Crippen LogP contribution in [-0.2, 0) is 6.54 Å². The molecule has 2 rings (SSSR count). The molecule has 0 saturated carbocycles. The zero-order valence-electron chi connectivity index (χ0n) is 13.3. The third-order valence-corrected chi connectivity index (χ3v) is 3.77. The maximum absolute atomic E-state index is 10.2. The monoisotopic (exact) mass is 483 g/mol. The molecule has 1 heterocycles. The normalized spacial score (nSPS) is 12.5. The minimum Gasteiger partial charge on any atom is -0.387 e. The lowest BCUT2D eigenvalue weighted by Crippen LogP contribution is -2.39. The summed E-state index contributed by atoms with van der Waals surface area (Å²) >= 11 is 11.9. The van der Waals surface area contributed by atoms with Crippen LogP contribution in [0.15, 0.2) is 29.4 Å². The summed E-state index contributed by atoms with van der Waals surface area (Å²) in [6.45, 7) is 2.81. The molecule has 0 radical (unpaired) electrons. The zero-order valence-corrected chi connectivity index (χ0v) is 17.1. The SMILES string of the molecule is CN=C(NCc1cn[nH]c1C)NCC(O)c1cc(Cl)cc(Cl)c1.I. The molecule has 132 valence electrons. The van der Waals surface area contributed by atoms with Crippen molar-refractivity contribution in [2.24, 2.45) is 4.99 Å². The van der Waals surface area contributed by atoms with Gasteiger partial charge in [0.2, 0.25) is 0 Å². The molecule has 6 nitrogen and oxygen atoms in total. The van der Waals surface area contributed by atoms with E-state index in [0.717, 1.165) is 11.3 Å². The second kappa shape index (κ2) is 10.1. The molecule has 4 N–H and O–H groups in total. The molecule has 0 amide bonds. The van der Waals surface area contributed by atoms with Gasteiger partial charge in [-0.25, -0.2) is 0 Å². The Kier molecular flexibility index (Phi) is 8.82. The van der Waals surface area contributed by atoms with Crippen LogP contribution in [0.2, 0.25) is 10.0 Å². The molecule has 1 aromatic carbocycles. The van der Waals surface area contributed by atoms with E-state index in [-0.39, 0.29) is 30.5 Å². The molecule has 1 atom stereocenters. The van der Waals surface area contributed by atoms with E-state index in [2.05, 4.69) is 25.8 Å². The second-order valence-electron chi connectivity index (χ2n) is 5.05. The molecule has 1 aromatic heterocycles. The van der Waals surface area contributed by atoms with Crippen LogP contribution < -0.4 is 10.6 Å². The number of aryl methyl sites for hydroxylation is 1. The smallest absolute Gasteiger partial charge is 0.191 e. The summed E-state index contributed by atoms with van der Waals surface area (Å²) in [4.78, 5) is 4.12. The van der Waals surface area contributed by atoms with Crippen molar-refractivity contribution in [3.05, 3.63) is 51.3 Å². The molecule has 0 fully saturated rings. The average molecular weight is 484 g/mol. The maximum atomic E-state index is 10.2. The first-order valence-electron chi connectivity index (χ1n) is 7.07. The lowest BCUT2D eigenvalue weighted by Gasteiger charge is -2.16. The van der Waals surface area contributed by atoms with Crippen molar-refractivity contribution in [2.75, 3.05) is 13.6 Å². The van der Waals surface area contributed by atoms with Crippen molar-refractivity contribution < 1.29 is 5.11 Å². The molecule has 2 aromatic rings. The number of hydrogen-bond acceptors (Lipinski definition) is 3. The van der Waals surface area contributed by atoms with Crippen LogP contribution in [0.5, 0.6) is 0 Å². The van der Waals surface area contributed by atoms with E-state index >= 15 is 0 Å². The number of aliphatic hydroxyl groups is 1. The molecule has 9 heteroatoms. The van der Waals surface area contributed by atoms with E-state index in [0.29, 0.717) is 28.1 Å². The fourth-order valence-corrected chi connectivity index (χ4v) is 2.58. The number of aromatic amines is 1. The van der Waals surface area contributed by atoms with Crippen molar-refractivity contribution in [3.63, 3.8) is 0 Å². The van der Waals surface area contributed by atoms with Gasteiger partial charge in [-0.15, -0.1) is 24.0 Å². The number of aromatic nitrogens is 2. The molecule has 0 saturated heterocycles. The number of nitrogens with one attached hydrogen (secondary N) is 3. The van der Waals surface area contributed by atoms with E-state index in [1.807, 2.05) is 6.92 Å². The summed E-state index contributed by atoms with van der Waals surface area (Å²) in [5.41, 5.74) is 2.70. The number of rotatable bonds is 5. The van der Waals surface area contributed by atoms with Crippen molar-refractivity contribution in [1.82, 2.24) is 20.8 Å². The number of H-pyrrole nitrogens is 1. The zero-order chi connectivity index (χ0) is 16.8. The quantitative estimate of drug-likeness (QED) is 0.299. The van der Waals surface area contributed by atoms with Crippen molar-refractivity contribution >= 4 is 53.1 Å². The average Bonchev–Trinajstić information content (AvgIpc) is 2.91. The number of aliphatic hydroxyl groups excluding tert-OH is 1. The van der Waals surface area contributed by atoms with Crippen molar-refractivity contribution in [2.45, 2.75) is 19.6 Å². The lowest BCUT2D eigenvalue weighted by molar-refractivity contribution is 0.181. The first-order chi connectivity index (χ1) is 11.0. The molecule has 0 aliphatic rings. The maximum Gasteiger partial charge on any atom is 0.191 e. The summed E-state index contributed by atoms with van der Waals surface area (Å²) in [5.74, 6) is 0.581. The molecule has 24 heavy (non-hydrogen) atoms. The van der Waals surface area contributed by atoms with Crippen LogP contribution in [0, 0.1) is 6.92 Å². The summed E-state index contributed by atoms with van der Waals surface area (Å²) in [7, 11) is 1.67. The number of halogens is 3. The van der Waals surface area contributed by atoms with E-state index in [9.17, 15) is 5.11 Å². The number of hydrogen-bond donors (Lipinski definition) is 4. The highest BCUT2D eigenvalue weighted by Crippen LogP contribution is 2.23. The summed E-state index contributed by atoms with van der Waals surface area (Å²) < 4.78 is 0. The van der Waals surface area contributed by atoms with Gasteiger partial charge in [-0.2, -0.15) is 5.10 Å². The number of benzene rings is 1. The van der Waals surface area contributed by atoms with Crippen LogP contribution in [0.4, 0.5) is 0 Å². The summed E-state index contributed by atoms with van der Waals surface area (Å²) in [5, 5.41) is 24.3. The van der Waals surface area contributed by atoms with Gasteiger partial charge in [0.15, 0.2) is 5.96 Å². The molecule has 0 bridgehead atoms. The van der Waals surface area contributed by atoms with Crippen LogP contribution >= 0.6 is 47.2 Å². The molecule has 0 aliphatic heterocycles. The Morgan fingerprint density at radius 1 is 1.29 bits per heavy atom. The highest BCUT2D eigenvalue weighted by Gasteiger charge is 2.10. The molecule has 0 spiro atoms. The van der Waals surface area contributed by atoms with Crippen LogP contribution in [0.3, 0.4) is 0 Å². The predicted molar refractivity (Wildman–Crippen MR) is 108 cm³/mol. The predicted octanol–water partition coefficient (Wildman–Crippen LogP) is 3.04. The van der Waals surface area contributed by atoms with E-state index < -0.39 is 6.10 Å². The van der Waals surface area contributed by atoms with Gasteiger partial charge >= 0.3 is 0 Å². The third-order valence-electron chi connectivity index (χ3n) is 3.34. The number of aliphatic imine (C=N–C) groups is 1. The van der Waals surface area contributed by atoms with Gasteiger partial charge in [-0.1, -0.05) is 23.2 Å². The molecular weight excluding hydrogens is 464 g/mol.